The van der Waals surface area contributed by atoms with Crippen molar-refractivity contribution in [1.82, 2.24) is 0 Å². The Kier molecular flexibility index (Phi) is 5.36. The first-order valence-electron chi connectivity index (χ1n) is 7.00. The molecule has 2 rings (SSSR count). The fraction of sp³-hybridized carbons (Fsp3) is 0.167. The number of rotatable bonds is 6. The third kappa shape index (κ3) is 4.10. The van der Waals surface area contributed by atoms with Gasteiger partial charge in [0, 0.05) is 18.0 Å². The molecular formula is C18H18FNO3. The van der Waals surface area contributed by atoms with Crippen LogP contribution >= 0.6 is 0 Å². The van der Waals surface area contributed by atoms with Crippen LogP contribution in [0.5, 0.6) is 11.5 Å². The molecule has 0 unspecified atom stereocenters. The first-order valence-corrected chi connectivity index (χ1v) is 7.00. The van der Waals surface area contributed by atoms with Crippen LogP contribution in [0.2, 0.25) is 0 Å². The van der Waals surface area contributed by atoms with Crippen LogP contribution in [0, 0.1) is 12.7 Å². The molecule has 0 radical (unpaired) electrons. The van der Waals surface area contributed by atoms with Gasteiger partial charge < -0.3 is 14.8 Å². The highest BCUT2D eigenvalue weighted by Gasteiger charge is 2.11. The summed E-state index contributed by atoms with van der Waals surface area (Å²) in [6.45, 7) is 1.85. The zero-order chi connectivity index (χ0) is 16.8. The van der Waals surface area contributed by atoms with E-state index in [1.165, 1.54) is 38.6 Å². The predicted octanol–water partition coefficient (Wildman–Crippen LogP) is 3.96. The van der Waals surface area contributed by atoms with Crippen molar-refractivity contribution in [3.05, 3.63) is 65.6 Å². The van der Waals surface area contributed by atoms with E-state index in [0.29, 0.717) is 22.7 Å². The van der Waals surface area contributed by atoms with Crippen molar-refractivity contribution in [2.24, 2.45) is 0 Å². The number of nitrogens with one attached hydrogen (secondary N) is 1. The zero-order valence-electron chi connectivity index (χ0n) is 13.2. The van der Waals surface area contributed by atoms with Gasteiger partial charge in [-0.15, -0.1) is 0 Å². The van der Waals surface area contributed by atoms with Gasteiger partial charge in [0.2, 0.25) is 0 Å². The molecule has 0 aliphatic rings. The molecule has 0 bridgehead atoms. The van der Waals surface area contributed by atoms with E-state index in [4.69, 9.17) is 9.47 Å². The second-order valence-electron chi connectivity index (χ2n) is 4.87. The molecule has 120 valence electrons. The van der Waals surface area contributed by atoms with Crippen molar-refractivity contribution >= 4 is 11.5 Å². The summed E-state index contributed by atoms with van der Waals surface area (Å²) in [5.74, 6) is 0.438. The van der Waals surface area contributed by atoms with Crippen LogP contribution in [0.4, 0.5) is 10.1 Å². The molecule has 2 aromatic carbocycles. The zero-order valence-corrected chi connectivity index (χ0v) is 13.2. The molecule has 1 N–H and O–H groups in total. The van der Waals surface area contributed by atoms with Gasteiger partial charge in [-0.2, -0.15) is 0 Å². The molecule has 4 nitrogen and oxygen atoms in total. The minimum Gasteiger partial charge on any atom is -0.497 e. The fourth-order valence-electron chi connectivity index (χ4n) is 2.05. The van der Waals surface area contributed by atoms with Crippen LogP contribution in [0.3, 0.4) is 0 Å². The molecule has 23 heavy (non-hydrogen) atoms. The van der Waals surface area contributed by atoms with Gasteiger partial charge in [-0.1, -0.05) is 6.07 Å². The topological polar surface area (TPSA) is 47.6 Å². The number of aryl methyl sites for hydroxylation is 1. The van der Waals surface area contributed by atoms with Crippen LogP contribution < -0.4 is 14.8 Å². The van der Waals surface area contributed by atoms with Crippen LogP contribution in [0.15, 0.2) is 48.7 Å². The summed E-state index contributed by atoms with van der Waals surface area (Å²) in [7, 11) is 3.02. The lowest BCUT2D eigenvalue weighted by Crippen LogP contribution is -2.01. The quantitative estimate of drug-likeness (QED) is 0.647. The van der Waals surface area contributed by atoms with E-state index in [9.17, 15) is 9.18 Å². The first kappa shape index (κ1) is 16.5. The number of carbonyl (C=O) groups excluding carboxylic acids is 1. The standard InChI is InChI=1S/C18H18FNO3/c1-12-4-5-13(19)10-16(12)20-9-8-17(21)15-11-14(22-2)6-7-18(15)23-3/h4-11,20H,1-3H3/b9-8+. The Bertz CT molecular complexity index is 741. The Balaban J connectivity index is 2.17. The van der Waals surface area contributed by atoms with Crippen molar-refractivity contribution < 1.29 is 18.7 Å². The van der Waals surface area contributed by atoms with Gasteiger partial charge >= 0.3 is 0 Å². The summed E-state index contributed by atoms with van der Waals surface area (Å²) in [4.78, 5) is 12.3. The molecule has 0 heterocycles. The maximum atomic E-state index is 13.2. The van der Waals surface area contributed by atoms with Crippen molar-refractivity contribution in [2.45, 2.75) is 6.92 Å². The van der Waals surface area contributed by atoms with Crippen molar-refractivity contribution in [2.75, 3.05) is 19.5 Å². The van der Waals surface area contributed by atoms with Crippen LogP contribution in [-0.2, 0) is 0 Å². The molecule has 0 amide bonds. The normalized spacial score (nSPS) is 10.6. The van der Waals surface area contributed by atoms with E-state index < -0.39 is 0 Å². The number of ketones is 1. The molecule has 2 aromatic rings. The molecule has 0 aliphatic carbocycles. The summed E-state index contributed by atoms with van der Waals surface area (Å²) in [6.07, 6.45) is 2.84. The summed E-state index contributed by atoms with van der Waals surface area (Å²) < 4.78 is 23.5. The van der Waals surface area contributed by atoms with Gasteiger partial charge in [-0.05, 0) is 42.8 Å². The highest BCUT2D eigenvalue weighted by molar-refractivity contribution is 6.07. The van der Waals surface area contributed by atoms with Crippen molar-refractivity contribution in [3.8, 4) is 11.5 Å². The molecule has 5 heteroatoms. The van der Waals surface area contributed by atoms with E-state index >= 15 is 0 Å². The smallest absolute Gasteiger partial charge is 0.191 e. The maximum Gasteiger partial charge on any atom is 0.191 e. The Morgan fingerprint density at radius 3 is 2.61 bits per heavy atom. The lowest BCUT2D eigenvalue weighted by atomic mass is 10.1. The number of carbonyl (C=O) groups is 1. The number of hydrogen-bond donors (Lipinski definition) is 1. The van der Waals surface area contributed by atoms with Crippen molar-refractivity contribution in [1.29, 1.82) is 0 Å². The summed E-state index contributed by atoms with van der Waals surface area (Å²) in [5, 5.41) is 2.91. The lowest BCUT2D eigenvalue weighted by Gasteiger charge is -2.08. The van der Waals surface area contributed by atoms with E-state index in [2.05, 4.69) is 5.32 Å². The minimum atomic E-state index is -0.340. The highest BCUT2D eigenvalue weighted by atomic mass is 19.1. The van der Waals surface area contributed by atoms with Gasteiger partial charge in [0.15, 0.2) is 5.78 Å². The number of hydrogen-bond acceptors (Lipinski definition) is 4. The summed E-state index contributed by atoms with van der Waals surface area (Å²) >= 11 is 0. The molecule has 0 atom stereocenters. The van der Waals surface area contributed by atoms with Crippen molar-refractivity contribution in [3.63, 3.8) is 0 Å². The van der Waals surface area contributed by atoms with Gasteiger partial charge in [-0.3, -0.25) is 4.79 Å². The molecule has 0 saturated carbocycles. The molecule has 0 aromatic heterocycles. The third-order valence-electron chi connectivity index (χ3n) is 3.35. The summed E-state index contributed by atoms with van der Waals surface area (Å²) in [5.41, 5.74) is 1.87. The number of anilines is 1. The third-order valence-corrected chi connectivity index (χ3v) is 3.35. The Morgan fingerprint density at radius 2 is 1.91 bits per heavy atom. The Hall–Kier alpha value is -2.82. The monoisotopic (exact) mass is 315 g/mol. The number of ether oxygens (including phenoxy) is 2. The van der Waals surface area contributed by atoms with E-state index in [1.807, 2.05) is 6.92 Å². The maximum absolute atomic E-state index is 13.2. The molecule has 0 aliphatic heterocycles. The summed E-state index contributed by atoms with van der Waals surface area (Å²) in [6, 6.07) is 9.42. The van der Waals surface area contributed by atoms with E-state index in [-0.39, 0.29) is 11.6 Å². The number of allylic oxidation sites excluding steroid dienone is 1. The Morgan fingerprint density at radius 1 is 1.13 bits per heavy atom. The largest absolute Gasteiger partial charge is 0.497 e. The molecular weight excluding hydrogens is 297 g/mol. The second-order valence-corrected chi connectivity index (χ2v) is 4.87. The number of benzene rings is 2. The predicted molar refractivity (Wildman–Crippen MR) is 87.8 cm³/mol. The average molecular weight is 315 g/mol. The van der Waals surface area contributed by atoms with E-state index in [0.717, 1.165) is 5.56 Å². The average Bonchev–Trinajstić information content (AvgIpc) is 2.57. The van der Waals surface area contributed by atoms with Crippen LogP contribution in [0.25, 0.3) is 0 Å². The molecule has 0 saturated heterocycles. The number of methoxy groups -OCH3 is 2. The molecule has 0 spiro atoms. The Labute approximate surface area is 134 Å². The van der Waals surface area contributed by atoms with Crippen LogP contribution in [0.1, 0.15) is 15.9 Å². The SMILES string of the molecule is COc1ccc(OC)c(C(=O)/C=C/Nc2cc(F)ccc2C)c1. The fourth-order valence-corrected chi connectivity index (χ4v) is 2.05. The van der Waals surface area contributed by atoms with Gasteiger partial charge in [0.1, 0.15) is 17.3 Å². The van der Waals surface area contributed by atoms with Gasteiger partial charge in [0.25, 0.3) is 0 Å². The van der Waals surface area contributed by atoms with Gasteiger partial charge in [-0.25, -0.2) is 4.39 Å². The lowest BCUT2D eigenvalue weighted by molar-refractivity contribution is 0.104. The number of halogens is 1. The van der Waals surface area contributed by atoms with Crippen LogP contribution in [-0.4, -0.2) is 20.0 Å². The first-order chi connectivity index (χ1) is 11.0. The van der Waals surface area contributed by atoms with E-state index in [1.54, 1.807) is 24.3 Å². The highest BCUT2D eigenvalue weighted by Crippen LogP contribution is 2.24. The van der Waals surface area contributed by atoms with Gasteiger partial charge in [0.05, 0.1) is 19.8 Å². The molecule has 0 fully saturated rings. The second kappa shape index (κ2) is 7.45. The minimum absolute atomic E-state index is 0.248.